The molecule has 0 aromatic heterocycles. The molecule has 0 aliphatic heterocycles. The second kappa shape index (κ2) is 4.97. The number of amides is 1. The van der Waals surface area contributed by atoms with Crippen LogP contribution in [0.3, 0.4) is 0 Å². The fourth-order valence-electron chi connectivity index (χ4n) is 1.97. The number of carbonyl (C=O) groups is 1. The minimum atomic E-state index is 0.221. The molecule has 1 aliphatic carbocycles. The maximum Gasteiger partial charge on any atom is 0.236 e. The van der Waals surface area contributed by atoms with Crippen molar-refractivity contribution in [1.82, 2.24) is 10.2 Å². The molecule has 1 amide bonds. The molecule has 1 unspecified atom stereocenters. The van der Waals surface area contributed by atoms with Crippen LogP contribution in [0.5, 0.6) is 0 Å². The van der Waals surface area contributed by atoms with Crippen LogP contribution < -0.4 is 5.32 Å². The van der Waals surface area contributed by atoms with Gasteiger partial charge in [-0.15, -0.1) is 0 Å². The maximum atomic E-state index is 11.6. The molecule has 88 valence electrons. The average molecular weight is 212 g/mol. The van der Waals surface area contributed by atoms with Crippen molar-refractivity contribution in [1.29, 1.82) is 0 Å². The summed E-state index contributed by atoms with van der Waals surface area (Å²) in [4.78, 5) is 13.5. The Labute approximate surface area is 93.2 Å². The lowest BCUT2D eigenvalue weighted by Crippen LogP contribution is -2.38. The summed E-state index contributed by atoms with van der Waals surface area (Å²) in [6.45, 7) is 11.7. The predicted octanol–water partition coefficient (Wildman–Crippen LogP) is 1.49. The van der Waals surface area contributed by atoms with Gasteiger partial charge in [-0.2, -0.15) is 0 Å². The van der Waals surface area contributed by atoms with Gasteiger partial charge in [0.25, 0.3) is 0 Å². The van der Waals surface area contributed by atoms with E-state index in [0.717, 1.165) is 25.6 Å². The summed E-state index contributed by atoms with van der Waals surface area (Å²) in [5.41, 5.74) is 0.505. The van der Waals surface area contributed by atoms with Crippen LogP contribution in [0.25, 0.3) is 0 Å². The average Bonchev–Trinajstić information content (AvgIpc) is 2.76. The van der Waals surface area contributed by atoms with E-state index in [0.29, 0.717) is 12.0 Å². The van der Waals surface area contributed by atoms with Gasteiger partial charge in [0, 0.05) is 13.1 Å². The van der Waals surface area contributed by atoms with Gasteiger partial charge in [-0.3, -0.25) is 4.79 Å². The topological polar surface area (TPSA) is 32.3 Å². The van der Waals surface area contributed by atoms with E-state index < -0.39 is 0 Å². The van der Waals surface area contributed by atoms with Gasteiger partial charge in [-0.25, -0.2) is 0 Å². The normalized spacial score (nSPS) is 22.5. The third-order valence-electron chi connectivity index (χ3n) is 3.50. The van der Waals surface area contributed by atoms with Crippen molar-refractivity contribution in [2.75, 3.05) is 26.2 Å². The number of hydrogen-bond donors (Lipinski definition) is 1. The van der Waals surface area contributed by atoms with Crippen molar-refractivity contribution in [2.24, 2.45) is 11.3 Å². The Morgan fingerprint density at radius 1 is 1.40 bits per heavy atom. The van der Waals surface area contributed by atoms with Gasteiger partial charge in [-0.1, -0.05) is 13.8 Å². The molecule has 0 spiro atoms. The van der Waals surface area contributed by atoms with Crippen molar-refractivity contribution in [3.63, 3.8) is 0 Å². The van der Waals surface area contributed by atoms with Crippen LogP contribution in [0, 0.1) is 11.3 Å². The van der Waals surface area contributed by atoms with Crippen LogP contribution in [0.1, 0.15) is 34.1 Å². The molecular weight excluding hydrogens is 188 g/mol. The Morgan fingerprint density at radius 3 is 2.33 bits per heavy atom. The summed E-state index contributed by atoms with van der Waals surface area (Å²) in [5.74, 6) is 0.987. The SMILES string of the molecule is CCN(CC)C(=O)CNCC1CC1(C)C. The molecule has 0 aromatic rings. The molecule has 1 fully saturated rings. The molecule has 0 bridgehead atoms. The number of carbonyl (C=O) groups excluding carboxylic acids is 1. The van der Waals surface area contributed by atoms with Gasteiger partial charge in [0.05, 0.1) is 6.54 Å². The van der Waals surface area contributed by atoms with Crippen LogP contribution in [0.4, 0.5) is 0 Å². The molecule has 1 saturated carbocycles. The highest BCUT2D eigenvalue weighted by atomic mass is 16.2. The molecule has 0 aromatic carbocycles. The van der Waals surface area contributed by atoms with Gasteiger partial charge in [0.15, 0.2) is 0 Å². The van der Waals surface area contributed by atoms with Gasteiger partial charge < -0.3 is 10.2 Å². The van der Waals surface area contributed by atoms with E-state index in [2.05, 4.69) is 19.2 Å². The molecule has 1 N–H and O–H groups in total. The molecule has 1 atom stereocenters. The monoisotopic (exact) mass is 212 g/mol. The van der Waals surface area contributed by atoms with Gasteiger partial charge >= 0.3 is 0 Å². The maximum absolute atomic E-state index is 11.6. The third-order valence-corrected chi connectivity index (χ3v) is 3.50. The van der Waals surface area contributed by atoms with E-state index in [9.17, 15) is 4.79 Å². The molecule has 3 heteroatoms. The van der Waals surface area contributed by atoms with E-state index in [1.54, 1.807) is 0 Å². The lowest BCUT2D eigenvalue weighted by Gasteiger charge is -2.18. The highest BCUT2D eigenvalue weighted by Gasteiger charge is 2.44. The molecule has 1 aliphatic rings. The zero-order chi connectivity index (χ0) is 11.5. The molecule has 0 saturated heterocycles. The van der Waals surface area contributed by atoms with E-state index >= 15 is 0 Å². The van der Waals surface area contributed by atoms with Gasteiger partial charge in [-0.05, 0) is 38.1 Å². The number of likely N-dealkylation sites (N-methyl/N-ethyl adjacent to an activating group) is 1. The van der Waals surface area contributed by atoms with Crippen molar-refractivity contribution < 1.29 is 4.79 Å². The third kappa shape index (κ3) is 3.49. The van der Waals surface area contributed by atoms with Crippen molar-refractivity contribution >= 4 is 5.91 Å². The minimum Gasteiger partial charge on any atom is -0.342 e. The lowest BCUT2D eigenvalue weighted by molar-refractivity contribution is -0.129. The Morgan fingerprint density at radius 2 is 1.93 bits per heavy atom. The van der Waals surface area contributed by atoms with Crippen molar-refractivity contribution in [2.45, 2.75) is 34.1 Å². The second-order valence-corrected chi connectivity index (χ2v) is 5.09. The minimum absolute atomic E-state index is 0.221. The standard InChI is InChI=1S/C12H24N2O/c1-5-14(6-2)11(15)9-13-8-10-7-12(10,3)4/h10,13H,5-9H2,1-4H3. The molecule has 0 heterocycles. The van der Waals surface area contributed by atoms with Gasteiger partial charge in [0.1, 0.15) is 0 Å². The number of nitrogens with zero attached hydrogens (tertiary/aromatic N) is 1. The molecule has 0 radical (unpaired) electrons. The fourth-order valence-corrected chi connectivity index (χ4v) is 1.97. The van der Waals surface area contributed by atoms with Crippen LogP contribution in [-0.4, -0.2) is 37.0 Å². The first-order chi connectivity index (χ1) is 7.01. The zero-order valence-electron chi connectivity index (χ0n) is 10.5. The second-order valence-electron chi connectivity index (χ2n) is 5.09. The Bertz CT molecular complexity index is 222. The highest BCUT2D eigenvalue weighted by Crippen LogP contribution is 2.50. The molecule has 3 nitrogen and oxygen atoms in total. The van der Waals surface area contributed by atoms with Crippen LogP contribution in [-0.2, 0) is 4.79 Å². The van der Waals surface area contributed by atoms with Crippen LogP contribution in [0.15, 0.2) is 0 Å². The van der Waals surface area contributed by atoms with Crippen molar-refractivity contribution in [3.8, 4) is 0 Å². The Kier molecular flexibility index (Phi) is 4.14. The summed E-state index contributed by atoms with van der Waals surface area (Å²) in [7, 11) is 0. The molecule has 15 heavy (non-hydrogen) atoms. The van der Waals surface area contributed by atoms with E-state index in [-0.39, 0.29) is 5.91 Å². The fraction of sp³-hybridized carbons (Fsp3) is 0.917. The van der Waals surface area contributed by atoms with E-state index in [1.807, 2.05) is 18.7 Å². The summed E-state index contributed by atoms with van der Waals surface area (Å²) in [6.07, 6.45) is 1.29. The predicted molar refractivity (Wildman–Crippen MR) is 62.7 cm³/mol. The largest absolute Gasteiger partial charge is 0.342 e. The first-order valence-electron chi connectivity index (χ1n) is 5.99. The van der Waals surface area contributed by atoms with Crippen LogP contribution in [0.2, 0.25) is 0 Å². The van der Waals surface area contributed by atoms with E-state index in [1.165, 1.54) is 6.42 Å². The van der Waals surface area contributed by atoms with Gasteiger partial charge in [0.2, 0.25) is 5.91 Å². The first-order valence-corrected chi connectivity index (χ1v) is 5.99. The quantitative estimate of drug-likeness (QED) is 0.723. The van der Waals surface area contributed by atoms with Crippen molar-refractivity contribution in [3.05, 3.63) is 0 Å². The highest BCUT2D eigenvalue weighted by molar-refractivity contribution is 5.78. The summed E-state index contributed by atoms with van der Waals surface area (Å²) in [5, 5.41) is 3.26. The zero-order valence-corrected chi connectivity index (χ0v) is 10.5. The summed E-state index contributed by atoms with van der Waals surface area (Å²) >= 11 is 0. The molecular formula is C12H24N2O. The molecule has 1 rings (SSSR count). The number of nitrogens with one attached hydrogen (secondary N) is 1. The van der Waals surface area contributed by atoms with E-state index in [4.69, 9.17) is 0 Å². The number of rotatable bonds is 6. The number of hydrogen-bond acceptors (Lipinski definition) is 2. The smallest absolute Gasteiger partial charge is 0.236 e. The first kappa shape index (κ1) is 12.5. The lowest BCUT2D eigenvalue weighted by atomic mass is 10.1. The van der Waals surface area contributed by atoms with Crippen LogP contribution >= 0.6 is 0 Å². The summed E-state index contributed by atoms with van der Waals surface area (Å²) in [6, 6.07) is 0. The Balaban J connectivity index is 2.12. The Hall–Kier alpha value is -0.570. The summed E-state index contributed by atoms with van der Waals surface area (Å²) < 4.78 is 0.